The highest BCUT2D eigenvalue weighted by atomic mass is 35.5. The quantitative estimate of drug-likeness (QED) is 0.607. The van der Waals surface area contributed by atoms with Crippen molar-refractivity contribution in [3.05, 3.63) is 33.8 Å². The molecule has 2 fully saturated rings. The summed E-state index contributed by atoms with van der Waals surface area (Å²) in [6, 6.07) is 5.68. The minimum Gasteiger partial charge on any atom is -0.389 e. The number of β-amino-alcohol motifs (C(OH)–C–C–N with tert-alkyl or cyclic N) is 1. The summed E-state index contributed by atoms with van der Waals surface area (Å²) >= 11 is 12.2. The van der Waals surface area contributed by atoms with Crippen LogP contribution in [0.5, 0.6) is 0 Å². The topological polar surface area (TPSA) is 80.3 Å². The number of amides is 1. The number of methoxy groups -OCH3 is 1. The minimum atomic E-state index is -0.571. The van der Waals surface area contributed by atoms with E-state index in [0.29, 0.717) is 49.3 Å². The summed E-state index contributed by atoms with van der Waals surface area (Å²) < 4.78 is 16.9. The van der Waals surface area contributed by atoms with Crippen LogP contribution >= 0.6 is 23.2 Å². The van der Waals surface area contributed by atoms with Crippen molar-refractivity contribution in [3.63, 3.8) is 0 Å². The van der Waals surface area contributed by atoms with E-state index in [1.165, 1.54) is 0 Å². The number of carbonyl (C=O) groups is 1. The zero-order valence-corrected chi connectivity index (χ0v) is 18.7. The van der Waals surface area contributed by atoms with Gasteiger partial charge in [-0.3, -0.25) is 9.69 Å². The molecule has 0 unspecified atom stereocenters. The van der Waals surface area contributed by atoms with Crippen molar-refractivity contribution >= 4 is 29.1 Å². The molecule has 1 aromatic carbocycles. The van der Waals surface area contributed by atoms with Crippen molar-refractivity contribution in [2.45, 2.75) is 50.2 Å². The van der Waals surface area contributed by atoms with E-state index in [1.807, 2.05) is 12.1 Å². The molecule has 1 aromatic rings. The van der Waals surface area contributed by atoms with E-state index < -0.39 is 6.10 Å². The first kappa shape index (κ1) is 23.7. The number of halogens is 2. The first-order chi connectivity index (χ1) is 14.5. The van der Waals surface area contributed by atoms with Crippen LogP contribution in [0.25, 0.3) is 0 Å². The fraction of sp³-hybridized carbons (Fsp3) is 0.667. The van der Waals surface area contributed by atoms with Crippen LogP contribution in [0.1, 0.15) is 24.8 Å². The van der Waals surface area contributed by atoms with Gasteiger partial charge in [0.05, 0.1) is 54.6 Å². The van der Waals surface area contributed by atoms with Crippen LogP contribution in [-0.4, -0.2) is 80.3 Å². The van der Waals surface area contributed by atoms with Gasteiger partial charge in [-0.15, -0.1) is 0 Å². The summed E-state index contributed by atoms with van der Waals surface area (Å²) in [6.45, 7) is 2.73. The Bertz CT molecular complexity index is 708. The highest BCUT2D eigenvalue weighted by molar-refractivity contribution is 6.42. The van der Waals surface area contributed by atoms with E-state index in [4.69, 9.17) is 37.4 Å². The normalized spacial score (nSPS) is 27.7. The van der Waals surface area contributed by atoms with Crippen LogP contribution in [0, 0.1) is 0 Å². The van der Waals surface area contributed by atoms with Crippen molar-refractivity contribution in [1.82, 2.24) is 10.2 Å². The summed E-state index contributed by atoms with van der Waals surface area (Å²) in [6.07, 6.45) is 1.07. The third kappa shape index (κ3) is 6.79. The molecule has 2 aliphatic rings. The third-order valence-electron chi connectivity index (χ3n) is 5.50. The van der Waals surface area contributed by atoms with Gasteiger partial charge in [-0.1, -0.05) is 29.3 Å². The zero-order valence-electron chi connectivity index (χ0n) is 17.2. The lowest BCUT2D eigenvalue weighted by molar-refractivity contribution is -0.158. The van der Waals surface area contributed by atoms with E-state index in [2.05, 4.69) is 10.2 Å². The van der Waals surface area contributed by atoms with E-state index in [0.717, 1.165) is 18.4 Å². The van der Waals surface area contributed by atoms with Gasteiger partial charge in [0.1, 0.15) is 0 Å². The Hall–Kier alpha value is -0.930. The number of hydrogen-bond donors (Lipinski definition) is 2. The van der Waals surface area contributed by atoms with Crippen molar-refractivity contribution in [3.8, 4) is 0 Å². The smallest absolute Gasteiger partial charge is 0.222 e. The molecule has 2 heterocycles. The number of aliphatic hydroxyl groups excluding tert-OH is 1. The van der Waals surface area contributed by atoms with Crippen LogP contribution in [-0.2, 0) is 25.5 Å². The van der Waals surface area contributed by atoms with E-state index in [-0.39, 0.29) is 30.8 Å². The highest BCUT2D eigenvalue weighted by Crippen LogP contribution is 2.30. The third-order valence-corrected chi connectivity index (χ3v) is 6.24. The summed E-state index contributed by atoms with van der Waals surface area (Å²) in [7, 11) is 1.60. The van der Waals surface area contributed by atoms with Gasteiger partial charge in [0.15, 0.2) is 0 Å². The summed E-state index contributed by atoms with van der Waals surface area (Å²) in [5, 5.41) is 14.2. The number of rotatable bonds is 7. The second-order valence-corrected chi connectivity index (χ2v) is 8.67. The number of ether oxygens (including phenoxy) is 3. The molecule has 9 heteroatoms. The molecule has 0 saturated carbocycles. The molecular formula is C21H30Cl2N2O5. The van der Waals surface area contributed by atoms with E-state index in [1.54, 1.807) is 13.2 Å². The van der Waals surface area contributed by atoms with Crippen LogP contribution in [0.4, 0.5) is 0 Å². The molecule has 7 nitrogen and oxygen atoms in total. The lowest BCUT2D eigenvalue weighted by Gasteiger charge is -2.44. The Labute approximate surface area is 187 Å². The second kappa shape index (κ2) is 11.6. The van der Waals surface area contributed by atoms with Crippen molar-refractivity contribution in [1.29, 1.82) is 0 Å². The molecule has 3 rings (SSSR count). The molecule has 30 heavy (non-hydrogen) atoms. The number of nitrogens with one attached hydrogen (secondary N) is 1. The monoisotopic (exact) mass is 460 g/mol. The fourth-order valence-electron chi connectivity index (χ4n) is 4.07. The molecule has 2 saturated heterocycles. The number of fused-ring (bicyclic) bond motifs is 1. The molecule has 0 radical (unpaired) electrons. The number of carbonyl (C=O) groups excluding carboxylic acids is 1. The van der Waals surface area contributed by atoms with Gasteiger partial charge in [-0.2, -0.15) is 0 Å². The Kier molecular flexibility index (Phi) is 9.19. The minimum absolute atomic E-state index is 0.0367. The molecule has 0 aliphatic carbocycles. The van der Waals surface area contributed by atoms with Gasteiger partial charge in [-0.25, -0.2) is 0 Å². The summed E-state index contributed by atoms with van der Waals surface area (Å²) in [4.78, 5) is 14.4. The fourth-order valence-corrected chi connectivity index (χ4v) is 4.39. The predicted octanol–water partition coefficient (Wildman–Crippen LogP) is 2.26. The predicted molar refractivity (Wildman–Crippen MR) is 115 cm³/mol. The van der Waals surface area contributed by atoms with Crippen LogP contribution < -0.4 is 5.32 Å². The Morgan fingerprint density at radius 1 is 1.30 bits per heavy atom. The second-order valence-electron chi connectivity index (χ2n) is 7.86. The Morgan fingerprint density at radius 3 is 2.90 bits per heavy atom. The molecule has 4 atom stereocenters. The molecule has 2 aliphatic heterocycles. The van der Waals surface area contributed by atoms with Crippen LogP contribution in [0.15, 0.2) is 18.2 Å². The number of hydrogen-bond acceptors (Lipinski definition) is 6. The maximum absolute atomic E-state index is 12.1. The Morgan fingerprint density at radius 2 is 2.13 bits per heavy atom. The average molecular weight is 461 g/mol. The maximum Gasteiger partial charge on any atom is 0.222 e. The van der Waals surface area contributed by atoms with Gasteiger partial charge in [0.25, 0.3) is 0 Å². The summed E-state index contributed by atoms with van der Waals surface area (Å²) in [5.74, 6) is -0.0367. The van der Waals surface area contributed by atoms with Gasteiger partial charge >= 0.3 is 0 Å². The van der Waals surface area contributed by atoms with Gasteiger partial charge in [0.2, 0.25) is 5.91 Å². The average Bonchev–Trinajstić information content (AvgIpc) is 2.69. The lowest BCUT2D eigenvalue weighted by atomic mass is 9.94. The van der Waals surface area contributed by atoms with E-state index in [9.17, 15) is 9.90 Å². The first-order valence-corrected chi connectivity index (χ1v) is 11.1. The standard InChI is InChI=1S/C21H30Cl2N2O5/c1-28-7-6-24-21(27)9-16-3-5-19-20(30-16)13-29-12-15(26)11-25(19)10-14-2-4-17(22)18(23)8-14/h2,4,8,15-16,19-20,26H,3,5-7,9-13H2,1H3,(H,24,27)/t15-,16-,19-,20+/m0/s1. The van der Waals surface area contributed by atoms with Gasteiger partial charge in [-0.05, 0) is 30.5 Å². The molecular weight excluding hydrogens is 431 g/mol. The lowest BCUT2D eigenvalue weighted by Crippen LogP contribution is -2.55. The molecule has 0 aromatic heterocycles. The highest BCUT2D eigenvalue weighted by Gasteiger charge is 2.38. The van der Waals surface area contributed by atoms with Gasteiger partial charge < -0.3 is 24.6 Å². The SMILES string of the molecule is COCCNC(=O)C[C@@H]1CC[C@H]2[C@@H](COC[C@@H](O)CN2Cc2ccc(Cl)c(Cl)c2)O1. The molecule has 0 spiro atoms. The zero-order chi connectivity index (χ0) is 21.5. The maximum atomic E-state index is 12.1. The van der Waals surface area contributed by atoms with Gasteiger partial charge in [0, 0.05) is 32.8 Å². The number of aliphatic hydroxyl groups is 1. The van der Waals surface area contributed by atoms with Crippen molar-refractivity contribution in [2.24, 2.45) is 0 Å². The van der Waals surface area contributed by atoms with Crippen LogP contribution in [0.3, 0.4) is 0 Å². The summed E-state index contributed by atoms with van der Waals surface area (Å²) in [5.41, 5.74) is 1.02. The Balaban J connectivity index is 1.63. The molecule has 0 bridgehead atoms. The van der Waals surface area contributed by atoms with Crippen molar-refractivity contribution in [2.75, 3.05) is 40.0 Å². The molecule has 1 amide bonds. The van der Waals surface area contributed by atoms with Crippen LogP contribution in [0.2, 0.25) is 10.0 Å². The van der Waals surface area contributed by atoms with Crippen molar-refractivity contribution < 1.29 is 24.1 Å². The first-order valence-electron chi connectivity index (χ1n) is 10.3. The number of benzene rings is 1. The van der Waals surface area contributed by atoms with E-state index >= 15 is 0 Å². The largest absolute Gasteiger partial charge is 0.389 e. The molecule has 2 N–H and O–H groups in total. The number of nitrogens with zero attached hydrogens (tertiary/aromatic N) is 1. The molecule has 168 valence electrons.